The van der Waals surface area contributed by atoms with E-state index in [1.165, 1.54) is 24.3 Å². The number of benzene rings is 2. The monoisotopic (exact) mass is 415 g/mol. The van der Waals surface area contributed by atoms with E-state index in [9.17, 15) is 14.0 Å². The second-order valence-corrected chi connectivity index (χ2v) is 8.23. The molecular formula is C23H30FN3O3. The van der Waals surface area contributed by atoms with Crippen molar-refractivity contribution in [1.29, 1.82) is 0 Å². The highest BCUT2D eigenvalue weighted by molar-refractivity contribution is 5.95. The molecule has 0 radical (unpaired) electrons. The van der Waals surface area contributed by atoms with Crippen LogP contribution in [0.5, 0.6) is 5.75 Å². The van der Waals surface area contributed by atoms with Gasteiger partial charge in [-0.1, -0.05) is 12.1 Å². The van der Waals surface area contributed by atoms with Gasteiger partial charge in [0, 0.05) is 17.8 Å². The first-order chi connectivity index (χ1) is 14.1. The molecular weight excluding hydrogens is 385 g/mol. The Hall–Kier alpha value is -2.93. The van der Waals surface area contributed by atoms with E-state index in [0.717, 1.165) is 11.3 Å². The molecule has 0 aliphatic rings. The molecule has 30 heavy (non-hydrogen) atoms. The SMILES string of the molecule is COc1cccc(CN(C)CC(=O)N(CC(=O)Nc2ccc(F)cc2)C(C)(C)C)c1. The minimum atomic E-state index is -0.534. The lowest BCUT2D eigenvalue weighted by molar-refractivity contribution is -0.140. The van der Waals surface area contributed by atoms with E-state index in [0.29, 0.717) is 12.2 Å². The van der Waals surface area contributed by atoms with Crippen molar-refractivity contribution in [2.75, 3.05) is 32.6 Å². The number of halogens is 1. The molecule has 0 heterocycles. The van der Waals surface area contributed by atoms with Crippen LogP contribution in [-0.4, -0.2) is 54.4 Å². The lowest BCUT2D eigenvalue weighted by Crippen LogP contribution is -2.52. The van der Waals surface area contributed by atoms with Crippen LogP contribution < -0.4 is 10.1 Å². The summed E-state index contributed by atoms with van der Waals surface area (Å²) in [5.41, 5.74) is 0.979. The number of hydrogen-bond acceptors (Lipinski definition) is 4. The summed E-state index contributed by atoms with van der Waals surface area (Å²) in [7, 11) is 3.47. The Morgan fingerprint density at radius 3 is 2.33 bits per heavy atom. The maximum Gasteiger partial charge on any atom is 0.244 e. The Balaban J connectivity index is 2.00. The minimum absolute atomic E-state index is 0.0906. The molecule has 2 aromatic carbocycles. The zero-order chi connectivity index (χ0) is 22.3. The van der Waals surface area contributed by atoms with Gasteiger partial charge in [-0.25, -0.2) is 4.39 Å². The van der Waals surface area contributed by atoms with E-state index in [1.807, 2.05) is 57.0 Å². The van der Waals surface area contributed by atoms with Gasteiger partial charge in [-0.15, -0.1) is 0 Å². The fraction of sp³-hybridized carbons (Fsp3) is 0.391. The topological polar surface area (TPSA) is 61.9 Å². The molecule has 2 rings (SSSR count). The van der Waals surface area contributed by atoms with Crippen LogP contribution in [0.2, 0.25) is 0 Å². The summed E-state index contributed by atoms with van der Waals surface area (Å²) in [5.74, 6) is -0.0953. The Kier molecular flexibility index (Phi) is 7.94. The molecule has 0 fully saturated rings. The quantitative estimate of drug-likeness (QED) is 0.717. The number of likely N-dealkylation sites (N-methyl/N-ethyl adjacent to an activating group) is 1. The second-order valence-electron chi connectivity index (χ2n) is 8.23. The van der Waals surface area contributed by atoms with E-state index in [2.05, 4.69) is 5.32 Å². The number of carbonyl (C=O) groups is 2. The number of amides is 2. The predicted molar refractivity (Wildman–Crippen MR) is 116 cm³/mol. The van der Waals surface area contributed by atoms with Crippen molar-refractivity contribution in [2.45, 2.75) is 32.9 Å². The number of methoxy groups -OCH3 is 1. The molecule has 0 aliphatic carbocycles. The highest BCUT2D eigenvalue weighted by Gasteiger charge is 2.29. The first-order valence-corrected chi connectivity index (χ1v) is 9.76. The van der Waals surface area contributed by atoms with Crippen LogP contribution in [0.15, 0.2) is 48.5 Å². The van der Waals surface area contributed by atoms with Gasteiger partial charge in [0.15, 0.2) is 0 Å². The number of anilines is 1. The van der Waals surface area contributed by atoms with Crippen molar-refractivity contribution in [3.63, 3.8) is 0 Å². The second kappa shape index (κ2) is 10.2. The zero-order valence-electron chi connectivity index (χ0n) is 18.2. The third-order valence-electron chi connectivity index (χ3n) is 4.53. The van der Waals surface area contributed by atoms with Gasteiger partial charge in [0.1, 0.15) is 18.1 Å². The highest BCUT2D eigenvalue weighted by Crippen LogP contribution is 2.17. The minimum Gasteiger partial charge on any atom is -0.497 e. The number of carbonyl (C=O) groups excluding carboxylic acids is 2. The molecule has 0 aromatic heterocycles. The molecule has 0 saturated carbocycles. The fourth-order valence-corrected chi connectivity index (χ4v) is 3.03. The van der Waals surface area contributed by atoms with Gasteiger partial charge < -0.3 is 15.0 Å². The van der Waals surface area contributed by atoms with Gasteiger partial charge in [0.05, 0.1) is 13.7 Å². The maximum atomic E-state index is 13.0. The van der Waals surface area contributed by atoms with E-state index in [4.69, 9.17) is 4.74 Å². The molecule has 2 aromatic rings. The molecule has 0 saturated heterocycles. The van der Waals surface area contributed by atoms with Crippen molar-refractivity contribution in [3.8, 4) is 5.75 Å². The Bertz CT molecular complexity index is 863. The number of nitrogens with zero attached hydrogens (tertiary/aromatic N) is 2. The summed E-state index contributed by atoms with van der Waals surface area (Å²) in [6, 6.07) is 13.2. The highest BCUT2D eigenvalue weighted by atomic mass is 19.1. The third kappa shape index (κ3) is 7.15. The fourth-order valence-electron chi connectivity index (χ4n) is 3.03. The number of nitrogens with one attached hydrogen (secondary N) is 1. The molecule has 0 atom stereocenters. The number of rotatable bonds is 8. The van der Waals surface area contributed by atoms with Crippen molar-refractivity contribution in [3.05, 3.63) is 59.9 Å². The van der Waals surface area contributed by atoms with Gasteiger partial charge in [-0.05, 0) is 69.8 Å². The lowest BCUT2D eigenvalue weighted by atomic mass is 10.1. The summed E-state index contributed by atoms with van der Waals surface area (Å²) in [6.45, 7) is 6.31. The van der Waals surface area contributed by atoms with Crippen molar-refractivity contribution in [1.82, 2.24) is 9.80 Å². The van der Waals surface area contributed by atoms with Crippen LogP contribution in [0.25, 0.3) is 0 Å². The van der Waals surface area contributed by atoms with Crippen LogP contribution in [0.4, 0.5) is 10.1 Å². The summed E-state index contributed by atoms with van der Waals surface area (Å²) >= 11 is 0. The van der Waals surface area contributed by atoms with Crippen LogP contribution in [0, 0.1) is 5.82 Å². The first kappa shape index (κ1) is 23.3. The average Bonchev–Trinajstić information content (AvgIpc) is 2.67. The van der Waals surface area contributed by atoms with Gasteiger partial charge in [-0.3, -0.25) is 14.5 Å². The predicted octanol–water partition coefficient (Wildman–Crippen LogP) is 3.53. The molecule has 0 unspecified atom stereocenters. The Labute approximate surface area is 177 Å². The maximum absolute atomic E-state index is 13.0. The third-order valence-corrected chi connectivity index (χ3v) is 4.53. The van der Waals surface area contributed by atoms with Gasteiger partial charge in [-0.2, -0.15) is 0 Å². The molecule has 162 valence electrons. The van der Waals surface area contributed by atoms with Crippen molar-refractivity contribution in [2.24, 2.45) is 0 Å². The van der Waals surface area contributed by atoms with E-state index < -0.39 is 5.54 Å². The number of hydrogen-bond donors (Lipinski definition) is 1. The number of ether oxygens (including phenoxy) is 1. The molecule has 6 nitrogen and oxygen atoms in total. The van der Waals surface area contributed by atoms with Crippen molar-refractivity contribution < 1.29 is 18.7 Å². The summed E-state index contributed by atoms with van der Waals surface area (Å²) < 4.78 is 18.3. The zero-order valence-corrected chi connectivity index (χ0v) is 18.2. The molecule has 2 amide bonds. The molecule has 0 aliphatic heterocycles. The first-order valence-electron chi connectivity index (χ1n) is 9.76. The van der Waals surface area contributed by atoms with E-state index in [1.54, 1.807) is 12.0 Å². The Morgan fingerprint density at radius 1 is 1.07 bits per heavy atom. The van der Waals surface area contributed by atoms with Crippen LogP contribution in [-0.2, 0) is 16.1 Å². The summed E-state index contributed by atoms with van der Waals surface area (Å²) in [5, 5.41) is 2.71. The summed E-state index contributed by atoms with van der Waals surface area (Å²) in [6.07, 6.45) is 0. The van der Waals surface area contributed by atoms with Gasteiger partial charge >= 0.3 is 0 Å². The van der Waals surface area contributed by atoms with Crippen LogP contribution in [0.3, 0.4) is 0 Å². The smallest absolute Gasteiger partial charge is 0.244 e. The molecule has 1 N–H and O–H groups in total. The standard InChI is InChI=1S/C23H30FN3O3/c1-23(2,3)27(15-21(28)25-19-11-9-18(24)10-12-19)22(29)16-26(4)14-17-7-6-8-20(13-17)30-5/h6-13H,14-16H2,1-5H3,(H,25,28). The molecule has 0 bridgehead atoms. The summed E-state index contributed by atoms with van der Waals surface area (Å²) in [4.78, 5) is 28.9. The van der Waals surface area contributed by atoms with Gasteiger partial charge in [0.2, 0.25) is 11.8 Å². The van der Waals surface area contributed by atoms with Crippen LogP contribution >= 0.6 is 0 Å². The largest absolute Gasteiger partial charge is 0.497 e. The lowest BCUT2D eigenvalue weighted by Gasteiger charge is -2.36. The normalized spacial score (nSPS) is 11.3. The van der Waals surface area contributed by atoms with E-state index >= 15 is 0 Å². The molecule has 0 spiro atoms. The van der Waals surface area contributed by atoms with Crippen molar-refractivity contribution >= 4 is 17.5 Å². The Morgan fingerprint density at radius 2 is 1.73 bits per heavy atom. The molecule has 7 heteroatoms. The van der Waals surface area contributed by atoms with Gasteiger partial charge in [0.25, 0.3) is 0 Å². The van der Waals surface area contributed by atoms with E-state index in [-0.39, 0.29) is 30.7 Å². The van der Waals surface area contributed by atoms with Crippen LogP contribution in [0.1, 0.15) is 26.3 Å². The average molecular weight is 416 g/mol.